The molecule has 0 amide bonds. The Morgan fingerprint density at radius 1 is 1.13 bits per heavy atom. The number of H-pyrrole nitrogens is 1. The standard InChI is InChI=1S/C18H19N3OS/c1-12(2)23-11-16-10-17(22)21-18(20-16)19-15-8-7-13-5-3-4-6-14(13)9-15/h3-10,12H,11H2,1-2H3,(H2,19,20,21,22). The van der Waals surface area contributed by atoms with E-state index >= 15 is 0 Å². The van der Waals surface area contributed by atoms with Crippen molar-refractivity contribution in [3.8, 4) is 0 Å². The zero-order chi connectivity index (χ0) is 16.2. The number of hydrogen-bond acceptors (Lipinski definition) is 4. The van der Waals surface area contributed by atoms with Crippen molar-refractivity contribution in [1.29, 1.82) is 0 Å². The molecule has 1 aromatic heterocycles. The van der Waals surface area contributed by atoms with Gasteiger partial charge >= 0.3 is 0 Å². The van der Waals surface area contributed by atoms with Crippen LogP contribution in [0.2, 0.25) is 0 Å². The van der Waals surface area contributed by atoms with Gasteiger partial charge in [0.2, 0.25) is 5.95 Å². The smallest absolute Gasteiger partial charge is 0.252 e. The Labute approximate surface area is 139 Å². The van der Waals surface area contributed by atoms with Crippen LogP contribution in [0.3, 0.4) is 0 Å². The van der Waals surface area contributed by atoms with Gasteiger partial charge in [-0.2, -0.15) is 11.8 Å². The van der Waals surface area contributed by atoms with Gasteiger partial charge in [-0.3, -0.25) is 9.78 Å². The molecule has 0 atom stereocenters. The Morgan fingerprint density at radius 2 is 1.91 bits per heavy atom. The maximum Gasteiger partial charge on any atom is 0.252 e. The second-order valence-corrected chi connectivity index (χ2v) is 7.20. The number of fused-ring (bicyclic) bond motifs is 1. The lowest BCUT2D eigenvalue weighted by molar-refractivity contribution is 1.05. The summed E-state index contributed by atoms with van der Waals surface area (Å²) in [5, 5.41) is 6.02. The fourth-order valence-electron chi connectivity index (χ4n) is 2.30. The molecule has 1 heterocycles. The Morgan fingerprint density at radius 3 is 2.70 bits per heavy atom. The van der Waals surface area contributed by atoms with Gasteiger partial charge in [-0.15, -0.1) is 0 Å². The molecule has 0 saturated carbocycles. The lowest BCUT2D eigenvalue weighted by Gasteiger charge is -2.09. The molecular weight excluding hydrogens is 306 g/mol. The summed E-state index contributed by atoms with van der Waals surface area (Å²) >= 11 is 1.77. The molecule has 0 unspecified atom stereocenters. The van der Waals surface area contributed by atoms with Crippen molar-refractivity contribution in [1.82, 2.24) is 9.97 Å². The number of rotatable bonds is 5. The first-order chi connectivity index (χ1) is 11.1. The minimum Gasteiger partial charge on any atom is -0.326 e. The lowest BCUT2D eigenvalue weighted by Crippen LogP contribution is -2.12. The van der Waals surface area contributed by atoms with Gasteiger partial charge in [0.1, 0.15) is 0 Å². The van der Waals surface area contributed by atoms with E-state index in [9.17, 15) is 4.79 Å². The molecule has 2 N–H and O–H groups in total. The normalized spacial score (nSPS) is 11.1. The van der Waals surface area contributed by atoms with Gasteiger partial charge in [-0.05, 0) is 28.2 Å². The van der Waals surface area contributed by atoms with Gasteiger partial charge in [0.15, 0.2) is 0 Å². The Hall–Kier alpha value is -2.27. The van der Waals surface area contributed by atoms with Crippen LogP contribution in [0.15, 0.2) is 53.3 Å². The highest BCUT2D eigenvalue weighted by molar-refractivity contribution is 7.99. The molecule has 0 bridgehead atoms. The number of anilines is 2. The highest BCUT2D eigenvalue weighted by atomic mass is 32.2. The van der Waals surface area contributed by atoms with E-state index in [1.54, 1.807) is 17.8 Å². The summed E-state index contributed by atoms with van der Waals surface area (Å²) in [4.78, 5) is 19.1. The zero-order valence-corrected chi connectivity index (χ0v) is 14.0. The molecule has 0 aliphatic heterocycles. The predicted molar refractivity (Wildman–Crippen MR) is 98.5 cm³/mol. The molecule has 0 saturated heterocycles. The molecule has 0 radical (unpaired) electrons. The van der Waals surface area contributed by atoms with Gasteiger partial charge < -0.3 is 5.32 Å². The topological polar surface area (TPSA) is 57.8 Å². The number of hydrogen-bond donors (Lipinski definition) is 2. The van der Waals surface area contributed by atoms with Crippen molar-refractivity contribution in [2.45, 2.75) is 24.9 Å². The molecule has 23 heavy (non-hydrogen) atoms. The molecule has 0 aliphatic carbocycles. The monoisotopic (exact) mass is 325 g/mol. The van der Waals surface area contributed by atoms with Crippen molar-refractivity contribution in [2.75, 3.05) is 5.32 Å². The summed E-state index contributed by atoms with van der Waals surface area (Å²) in [7, 11) is 0. The molecule has 0 aliphatic rings. The Kier molecular flexibility index (Phi) is 4.67. The zero-order valence-electron chi connectivity index (χ0n) is 13.2. The Bertz CT molecular complexity index is 873. The van der Waals surface area contributed by atoms with Crippen LogP contribution in [-0.2, 0) is 5.75 Å². The maximum absolute atomic E-state index is 11.8. The van der Waals surface area contributed by atoms with Gasteiger partial charge in [0.05, 0.1) is 5.69 Å². The SMILES string of the molecule is CC(C)SCc1cc(=O)[nH]c(Nc2ccc3ccccc3c2)n1. The maximum atomic E-state index is 11.8. The minimum absolute atomic E-state index is 0.136. The van der Waals surface area contributed by atoms with E-state index < -0.39 is 0 Å². The number of aromatic nitrogens is 2. The molecule has 4 nitrogen and oxygen atoms in total. The average molecular weight is 325 g/mol. The van der Waals surface area contributed by atoms with Crippen molar-refractivity contribution in [3.05, 3.63) is 64.6 Å². The summed E-state index contributed by atoms with van der Waals surface area (Å²) in [6.07, 6.45) is 0. The van der Waals surface area contributed by atoms with Crippen LogP contribution in [-0.4, -0.2) is 15.2 Å². The largest absolute Gasteiger partial charge is 0.326 e. The van der Waals surface area contributed by atoms with E-state index in [1.165, 1.54) is 5.39 Å². The molecule has 2 aromatic carbocycles. The number of benzene rings is 2. The van der Waals surface area contributed by atoms with Crippen LogP contribution >= 0.6 is 11.8 Å². The van der Waals surface area contributed by atoms with Crippen LogP contribution in [0.1, 0.15) is 19.5 Å². The number of aromatic amines is 1. The highest BCUT2D eigenvalue weighted by Gasteiger charge is 2.04. The first kappa shape index (κ1) is 15.6. The summed E-state index contributed by atoms with van der Waals surface area (Å²) in [5.41, 5.74) is 1.55. The Balaban J connectivity index is 1.84. The van der Waals surface area contributed by atoms with Crippen LogP contribution in [0.25, 0.3) is 10.8 Å². The molecule has 118 valence electrons. The van der Waals surface area contributed by atoms with Crippen LogP contribution in [0.5, 0.6) is 0 Å². The lowest BCUT2D eigenvalue weighted by atomic mass is 10.1. The second-order valence-electron chi connectivity index (χ2n) is 5.63. The first-order valence-corrected chi connectivity index (χ1v) is 8.63. The molecule has 3 rings (SSSR count). The molecule has 3 aromatic rings. The van der Waals surface area contributed by atoms with E-state index in [0.29, 0.717) is 11.2 Å². The fourth-order valence-corrected chi connectivity index (χ4v) is 2.95. The summed E-state index contributed by atoms with van der Waals surface area (Å²) in [6.45, 7) is 4.26. The summed E-state index contributed by atoms with van der Waals surface area (Å²) in [6, 6.07) is 15.8. The summed E-state index contributed by atoms with van der Waals surface area (Å²) in [5.74, 6) is 1.21. The number of nitrogens with one attached hydrogen (secondary N) is 2. The minimum atomic E-state index is -0.136. The quantitative estimate of drug-likeness (QED) is 0.734. The van der Waals surface area contributed by atoms with Crippen molar-refractivity contribution < 1.29 is 0 Å². The van der Waals surface area contributed by atoms with Crippen molar-refractivity contribution in [2.24, 2.45) is 0 Å². The van der Waals surface area contributed by atoms with Gasteiger partial charge in [-0.1, -0.05) is 44.2 Å². The van der Waals surface area contributed by atoms with E-state index in [-0.39, 0.29) is 5.56 Å². The first-order valence-electron chi connectivity index (χ1n) is 7.58. The third-order valence-corrected chi connectivity index (χ3v) is 4.50. The predicted octanol–water partition coefficient (Wildman–Crippen LogP) is 4.31. The van der Waals surface area contributed by atoms with E-state index in [4.69, 9.17) is 0 Å². The second kappa shape index (κ2) is 6.87. The number of thioether (sulfide) groups is 1. The van der Waals surface area contributed by atoms with E-state index in [1.807, 2.05) is 30.3 Å². The van der Waals surface area contributed by atoms with Gasteiger partial charge in [0.25, 0.3) is 5.56 Å². The van der Waals surface area contributed by atoms with Gasteiger partial charge in [-0.25, -0.2) is 4.98 Å². The highest BCUT2D eigenvalue weighted by Crippen LogP contribution is 2.21. The van der Waals surface area contributed by atoms with Crippen molar-refractivity contribution >= 4 is 34.2 Å². The molecule has 0 spiro atoms. The molecule has 5 heteroatoms. The van der Waals surface area contributed by atoms with Gasteiger partial charge in [0, 0.05) is 17.5 Å². The third-order valence-electron chi connectivity index (χ3n) is 3.37. The average Bonchev–Trinajstić information content (AvgIpc) is 2.52. The van der Waals surface area contributed by atoms with E-state index in [0.717, 1.165) is 22.5 Å². The van der Waals surface area contributed by atoms with Crippen LogP contribution in [0, 0.1) is 0 Å². The fraction of sp³-hybridized carbons (Fsp3) is 0.222. The van der Waals surface area contributed by atoms with Crippen LogP contribution < -0.4 is 10.9 Å². The number of nitrogens with zero attached hydrogens (tertiary/aromatic N) is 1. The van der Waals surface area contributed by atoms with Crippen LogP contribution in [0.4, 0.5) is 11.6 Å². The third kappa shape index (κ3) is 4.13. The van der Waals surface area contributed by atoms with Crippen molar-refractivity contribution in [3.63, 3.8) is 0 Å². The molecule has 0 fully saturated rings. The van der Waals surface area contributed by atoms with E-state index in [2.05, 4.69) is 41.3 Å². The molecular formula is C18H19N3OS. The summed E-state index contributed by atoms with van der Waals surface area (Å²) < 4.78 is 0.